The van der Waals surface area contributed by atoms with E-state index in [1.165, 1.54) is 12.3 Å². The average Bonchev–Trinajstić information content (AvgIpc) is 2.39. The van der Waals surface area contributed by atoms with Crippen LogP contribution in [0.3, 0.4) is 0 Å². The lowest BCUT2D eigenvalue weighted by Crippen LogP contribution is -2.21. The summed E-state index contributed by atoms with van der Waals surface area (Å²) in [6.45, 7) is 2.68. The van der Waals surface area contributed by atoms with Gasteiger partial charge in [-0.2, -0.15) is 0 Å². The molecule has 1 aromatic rings. The molecule has 0 saturated heterocycles. The summed E-state index contributed by atoms with van der Waals surface area (Å²) in [5, 5.41) is 9.04. The minimum atomic E-state index is -1.08. The number of carboxylic acids is 1. The van der Waals surface area contributed by atoms with Crippen molar-refractivity contribution in [2.45, 2.75) is 19.8 Å². The molecular weight excluding hydrogens is 266 g/mol. The quantitative estimate of drug-likeness (QED) is 0.859. The van der Waals surface area contributed by atoms with E-state index in [9.17, 15) is 4.79 Å². The number of carbonyl (C=O) groups is 1. The predicted molar refractivity (Wildman–Crippen MR) is 72.7 cm³/mol. The van der Waals surface area contributed by atoms with Crippen molar-refractivity contribution in [2.75, 3.05) is 6.61 Å². The number of hydrogen-bond acceptors (Lipinski definition) is 3. The number of aromatic nitrogens is 1. The SMILES string of the molecule is CC1CC=CCC1COc1nccc(C(=O)O)c1Cl. The van der Waals surface area contributed by atoms with Crippen molar-refractivity contribution < 1.29 is 14.6 Å². The number of pyridine rings is 1. The van der Waals surface area contributed by atoms with Crippen molar-refractivity contribution in [1.29, 1.82) is 0 Å². The summed E-state index contributed by atoms with van der Waals surface area (Å²) in [5.41, 5.74) is 0.0169. The van der Waals surface area contributed by atoms with Crippen LogP contribution in [-0.2, 0) is 0 Å². The van der Waals surface area contributed by atoms with Crippen LogP contribution in [0.5, 0.6) is 5.88 Å². The van der Waals surface area contributed by atoms with Crippen molar-refractivity contribution in [2.24, 2.45) is 11.8 Å². The van der Waals surface area contributed by atoms with Gasteiger partial charge in [-0.05, 0) is 30.7 Å². The molecule has 2 atom stereocenters. The Bertz CT molecular complexity index is 501. The monoisotopic (exact) mass is 281 g/mol. The zero-order chi connectivity index (χ0) is 13.8. The smallest absolute Gasteiger partial charge is 0.337 e. The van der Waals surface area contributed by atoms with Gasteiger partial charge in [-0.1, -0.05) is 30.7 Å². The normalized spacial score (nSPS) is 22.2. The number of rotatable bonds is 4. The zero-order valence-electron chi connectivity index (χ0n) is 10.7. The third kappa shape index (κ3) is 3.26. The Hall–Kier alpha value is -1.55. The topological polar surface area (TPSA) is 59.4 Å². The maximum atomic E-state index is 11.0. The average molecular weight is 282 g/mol. The van der Waals surface area contributed by atoms with E-state index in [2.05, 4.69) is 24.1 Å². The van der Waals surface area contributed by atoms with Gasteiger partial charge in [0.25, 0.3) is 0 Å². The first-order valence-electron chi connectivity index (χ1n) is 6.25. The Labute approximate surface area is 117 Å². The summed E-state index contributed by atoms with van der Waals surface area (Å²) in [6.07, 6.45) is 7.74. The third-order valence-corrected chi connectivity index (χ3v) is 3.81. The highest BCUT2D eigenvalue weighted by atomic mass is 35.5. The number of nitrogens with zero attached hydrogens (tertiary/aromatic N) is 1. The molecule has 1 aromatic heterocycles. The Kier molecular flexibility index (Phi) is 4.43. The molecule has 5 heteroatoms. The molecule has 0 aliphatic heterocycles. The zero-order valence-corrected chi connectivity index (χ0v) is 11.4. The fourth-order valence-electron chi connectivity index (χ4n) is 2.12. The molecule has 2 rings (SSSR count). The van der Waals surface area contributed by atoms with Gasteiger partial charge in [0.2, 0.25) is 5.88 Å². The van der Waals surface area contributed by atoms with E-state index < -0.39 is 5.97 Å². The fourth-order valence-corrected chi connectivity index (χ4v) is 2.36. The first-order valence-corrected chi connectivity index (χ1v) is 6.63. The van der Waals surface area contributed by atoms with Gasteiger partial charge < -0.3 is 9.84 Å². The van der Waals surface area contributed by atoms with Gasteiger partial charge >= 0.3 is 5.97 Å². The highest BCUT2D eigenvalue weighted by molar-refractivity contribution is 6.34. The third-order valence-electron chi connectivity index (χ3n) is 3.44. The van der Waals surface area contributed by atoms with E-state index in [0.29, 0.717) is 18.4 Å². The van der Waals surface area contributed by atoms with E-state index in [4.69, 9.17) is 21.4 Å². The molecule has 0 spiro atoms. The van der Waals surface area contributed by atoms with E-state index in [-0.39, 0.29) is 16.5 Å². The predicted octanol–water partition coefficient (Wildman–Crippen LogP) is 3.41. The second-order valence-corrected chi connectivity index (χ2v) is 5.15. The van der Waals surface area contributed by atoms with Crippen LogP contribution in [0.15, 0.2) is 24.4 Å². The molecule has 102 valence electrons. The molecular formula is C14H16ClNO3. The Morgan fingerprint density at radius 3 is 2.95 bits per heavy atom. The van der Waals surface area contributed by atoms with Gasteiger partial charge in [-0.25, -0.2) is 9.78 Å². The van der Waals surface area contributed by atoms with Crippen LogP contribution < -0.4 is 4.74 Å². The first-order chi connectivity index (χ1) is 9.09. The fraction of sp³-hybridized carbons (Fsp3) is 0.429. The van der Waals surface area contributed by atoms with Crippen LogP contribution in [0, 0.1) is 11.8 Å². The minimum Gasteiger partial charge on any atom is -0.478 e. The van der Waals surface area contributed by atoms with E-state index in [1.807, 2.05) is 0 Å². The standard InChI is InChI=1S/C14H16ClNO3/c1-9-4-2-3-5-10(9)8-19-13-12(15)11(14(17)18)6-7-16-13/h2-3,6-7,9-10H,4-5,8H2,1H3,(H,17,18). The Balaban J connectivity index is 2.05. The Morgan fingerprint density at radius 1 is 1.53 bits per heavy atom. The number of ether oxygens (including phenoxy) is 1. The molecule has 0 aromatic carbocycles. The van der Waals surface area contributed by atoms with Crippen molar-refractivity contribution >= 4 is 17.6 Å². The van der Waals surface area contributed by atoms with Gasteiger partial charge in [-0.3, -0.25) is 0 Å². The lowest BCUT2D eigenvalue weighted by atomic mass is 9.85. The summed E-state index contributed by atoms with van der Waals surface area (Å²) in [4.78, 5) is 15.0. The maximum Gasteiger partial charge on any atom is 0.337 e. The second kappa shape index (κ2) is 6.06. The van der Waals surface area contributed by atoms with Crippen molar-refractivity contribution in [3.63, 3.8) is 0 Å². The van der Waals surface area contributed by atoms with E-state index in [0.717, 1.165) is 12.8 Å². The number of halogens is 1. The van der Waals surface area contributed by atoms with Gasteiger partial charge in [0.15, 0.2) is 0 Å². The van der Waals surface area contributed by atoms with Gasteiger partial charge in [0.1, 0.15) is 5.02 Å². The summed E-state index contributed by atoms with van der Waals surface area (Å²) in [7, 11) is 0. The summed E-state index contributed by atoms with van der Waals surface area (Å²) >= 11 is 5.98. The number of allylic oxidation sites excluding steroid dienone is 2. The lowest BCUT2D eigenvalue weighted by Gasteiger charge is -2.25. The molecule has 0 fully saturated rings. The van der Waals surface area contributed by atoms with Crippen molar-refractivity contribution in [3.8, 4) is 5.88 Å². The molecule has 1 aliphatic rings. The van der Waals surface area contributed by atoms with Gasteiger partial charge in [0, 0.05) is 6.20 Å². The lowest BCUT2D eigenvalue weighted by molar-refractivity contribution is 0.0696. The summed E-state index contributed by atoms with van der Waals surface area (Å²) in [6, 6.07) is 1.36. The van der Waals surface area contributed by atoms with Crippen LogP contribution in [0.1, 0.15) is 30.1 Å². The van der Waals surface area contributed by atoms with Gasteiger partial charge in [0.05, 0.1) is 12.2 Å². The molecule has 1 N–H and O–H groups in total. The largest absolute Gasteiger partial charge is 0.478 e. The molecule has 1 heterocycles. The Morgan fingerprint density at radius 2 is 2.26 bits per heavy atom. The molecule has 19 heavy (non-hydrogen) atoms. The first kappa shape index (κ1) is 13.9. The second-order valence-electron chi connectivity index (χ2n) is 4.77. The highest BCUT2D eigenvalue weighted by Crippen LogP contribution is 2.29. The number of carboxylic acid groups (broad SMARTS) is 1. The summed E-state index contributed by atoms with van der Waals surface area (Å²) in [5.74, 6) is 0.0809. The summed E-state index contributed by atoms with van der Waals surface area (Å²) < 4.78 is 5.60. The van der Waals surface area contributed by atoms with Gasteiger partial charge in [-0.15, -0.1) is 0 Å². The van der Waals surface area contributed by atoms with Crippen LogP contribution in [0.25, 0.3) is 0 Å². The molecule has 0 radical (unpaired) electrons. The molecule has 0 amide bonds. The molecule has 2 unspecified atom stereocenters. The van der Waals surface area contributed by atoms with Crippen LogP contribution >= 0.6 is 11.6 Å². The van der Waals surface area contributed by atoms with Crippen LogP contribution in [0.4, 0.5) is 0 Å². The van der Waals surface area contributed by atoms with Crippen molar-refractivity contribution in [1.82, 2.24) is 4.98 Å². The minimum absolute atomic E-state index is 0.0169. The highest BCUT2D eigenvalue weighted by Gasteiger charge is 2.20. The maximum absolute atomic E-state index is 11.0. The van der Waals surface area contributed by atoms with Crippen molar-refractivity contribution in [3.05, 3.63) is 35.0 Å². The molecule has 0 saturated carbocycles. The van der Waals surface area contributed by atoms with Crippen LogP contribution in [0.2, 0.25) is 5.02 Å². The van der Waals surface area contributed by atoms with E-state index in [1.54, 1.807) is 0 Å². The number of aromatic carboxylic acids is 1. The molecule has 0 bridgehead atoms. The molecule has 1 aliphatic carbocycles. The van der Waals surface area contributed by atoms with E-state index >= 15 is 0 Å². The molecule has 4 nitrogen and oxygen atoms in total. The van der Waals surface area contributed by atoms with Crippen LogP contribution in [-0.4, -0.2) is 22.7 Å². The number of hydrogen-bond donors (Lipinski definition) is 1.